The van der Waals surface area contributed by atoms with Crippen molar-refractivity contribution in [2.45, 2.75) is 20.4 Å². The zero-order valence-electron chi connectivity index (χ0n) is 16.6. The van der Waals surface area contributed by atoms with Crippen molar-refractivity contribution in [3.63, 3.8) is 0 Å². The predicted molar refractivity (Wildman–Crippen MR) is 113 cm³/mol. The van der Waals surface area contributed by atoms with Crippen molar-refractivity contribution in [1.29, 1.82) is 0 Å². The molecular formula is C21H22N4O3S. The summed E-state index contributed by atoms with van der Waals surface area (Å²) >= 11 is 1.46. The van der Waals surface area contributed by atoms with E-state index in [0.717, 1.165) is 21.6 Å². The smallest absolute Gasteiger partial charge is 0.298 e. The number of hydrogen-bond donors (Lipinski definition) is 0. The van der Waals surface area contributed by atoms with Crippen molar-refractivity contribution in [3.05, 3.63) is 58.8 Å². The van der Waals surface area contributed by atoms with E-state index in [-0.39, 0.29) is 5.91 Å². The lowest BCUT2D eigenvalue weighted by atomic mass is 10.3. The van der Waals surface area contributed by atoms with Gasteiger partial charge in [-0.2, -0.15) is 4.99 Å². The minimum absolute atomic E-state index is 0.315. The third-order valence-corrected chi connectivity index (χ3v) is 5.70. The maximum atomic E-state index is 13.1. The van der Waals surface area contributed by atoms with Crippen LogP contribution in [0.1, 0.15) is 23.1 Å². The quantitative estimate of drug-likeness (QED) is 0.457. The van der Waals surface area contributed by atoms with E-state index >= 15 is 0 Å². The first kappa shape index (κ1) is 19.4. The molecule has 8 heteroatoms. The van der Waals surface area contributed by atoms with Gasteiger partial charge in [0.25, 0.3) is 5.91 Å². The summed E-state index contributed by atoms with van der Waals surface area (Å²) in [7, 11) is 1.64. The molecule has 29 heavy (non-hydrogen) atoms. The van der Waals surface area contributed by atoms with Gasteiger partial charge in [0.1, 0.15) is 17.1 Å². The van der Waals surface area contributed by atoms with Gasteiger partial charge in [0.15, 0.2) is 4.80 Å². The Morgan fingerprint density at radius 1 is 1.28 bits per heavy atom. The lowest BCUT2D eigenvalue weighted by molar-refractivity contribution is 0.0990. The second-order valence-corrected chi connectivity index (χ2v) is 7.47. The van der Waals surface area contributed by atoms with Gasteiger partial charge in [-0.25, -0.2) is 4.98 Å². The van der Waals surface area contributed by atoms with Crippen LogP contribution in [0.15, 0.2) is 47.6 Å². The molecule has 0 N–H and O–H groups in total. The number of pyridine rings is 1. The Labute approximate surface area is 171 Å². The Hall–Kier alpha value is -2.97. The molecule has 0 spiro atoms. The molecule has 0 atom stereocenters. The summed E-state index contributed by atoms with van der Waals surface area (Å²) in [5.41, 5.74) is 2.87. The summed E-state index contributed by atoms with van der Waals surface area (Å²) in [5.74, 6) is 0.455. The minimum Gasteiger partial charge on any atom is -0.497 e. The zero-order valence-corrected chi connectivity index (χ0v) is 17.4. The van der Waals surface area contributed by atoms with E-state index in [0.29, 0.717) is 35.9 Å². The number of imidazole rings is 1. The van der Waals surface area contributed by atoms with Crippen LogP contribution in [0.25, 0.3) is 15.9 Å². The molecule has 1 aromatic carbocycles. The number of amides is 1. The summed E-state index contributed by atoms with van der Waals surface area (Å²) in [6, 6.07) is 11.5. The number of rotatable bonds is 6. The summed E-state index contributed by atoms with van der Waals surface area (Å²) in [5, 5.41) is 0. The molecule has 0 fully saturated rings. The number of aromatic nitrogens is 3. The van der Waals surface area contributed by atoms with E-state index in [1.165, 1.54) is 11.3 Å². The number of thiazole rings is 1. The number of aryl methyl sites for hydroxylation is 1. The Kier molecular flexibility index (Phi) is 5.46. The number of fused-ring (bicyclic) bond motifs is 2. The topological polar surface area (TPSA) is 70.1 Å². The molecule has 0 aliphatic rings. The lowest BCUT2D eigenvalue weighted by Gasteiger charge is -2.06. The molecule has 0 bridgehead atoms. The number of carbonyl (C=O) groups is 1. The maximum Gasteiger partial charge on any atom is 0.298 e. The maximum absolute atomic E-state index is 13.1. The summed E-state index contributed by atoms with van der Waals surface area (Å²) < 4.78 is 15.7. The number of carbonyl (C=O) groups excluding carboxylic acids is 1. The average Bonchev–Trinajstić information content (AvgIpc) is 3.23. The molecule has 150 valence electrons. The van der Waals surface area contributed by atoms with Gasteiger partial charge in [0, 0.05) is 19.3 Å². The van der Waals surface area contributed by atoms with Crippen molar-refractivity contribution < 1.29 is 14.3 Å². The SMILES string of the molecule is CCOCCn1c(=NC(=O)c2c(C)nc3ccccn23)sc2cc(OC)ccc21. The first-order valence-corrected chi connectivity index (χ1v) is 10.2. The van der Waals surface area contributed by atoms with Crippen LogP contribution >= 0.6 is 11.3 Å². The van der Waals surface area contributed by atoms with Gasteiger partial charge in [0.2, 0.25) is 0 Å². The van der Waals surface area contributed by atoms with E-state index in [4.69, 9.17) is 9.47 Å². The number of methoxy groups -OCH3 is 1. The molecule has 7 nitrogen and oxygen atoms in total. The summed E-state index contributed by atoms with van der Waals surface area (Å²) in [6.07, 6.45) is 1.83. The Balaban J connectivity index is 1.84. The highest BCUT2D eigenvalue weighted by Gasteiger charge is 2.17. The highest BCUT2D eigenvalue weighted by Crippen LogP contribution is 2.23. The Bertz CT molecular complexity index is 1250. The minimum atomic E-state index is -0.315. The molecular weight excluding hydrogens is 388 g/mol. The van der Waals surface area contributed by atoms with E-state index < -0.39 is 0 Å². The average molecular weight is 410 g/mol. The lowest BCUT2D eigenvalue weighted by Crippen LogP contribution is -2.20. The van der Waals surface area contributed by atoms with Crippen molar-refractivity contribution in [1.82, 2.24) is 14.0 Å². The van der Waals surface area contributed by atoms with Crippen LogP contribution in [-0.4, -0.2) is 40.2 Å². The van der Waals surface area contributed by atoms with Crippen molar-refractivity contribution in [2.75, 3.05) is 20.3 Å². The number of benzene rings is 1. The second kappa shape index (κ2) is 8.18. The van der Waals surface area contributed by atoms with E-state index in [1.54, 1.807) is 11.5 Å². The van der Waals surface area contributed by atoms with Crippen molar-refractivity contribution >= 4 is 33.1 Å². The first-order valence-electron chi connectivity index (χ1n) is 9.40. The highest BCUT2D eigenvalue weighted by atomic mass is 32.1. The summed E-state index contributed by atoms with van der Waals surface area (Å²) in [4.78, 5) is 22.7. The molecule has 4 rings (SSSR count). The normalized spacial score (nSPS) is 12.2. The molecule has 0 aliphatic carbocycles. The molecule has 1 amide bonds. The van der Waals surface area contributed by atoms with Gasteiger partial charge in [0.05, 0.1) is 29.6 Å². The number of ether oxygens (including phenoxy) is 2. The fourth-order valence-corrected chi connectivity index (χ4v) is 4.38. The largest absolute Gasteiger partial charge is 0.497 e. The third kappa shape index (κ3) is 3.68. The van der Waals surface area contributed by atoms with Gasteiger partial charge < -0.3 is 14.0 Å². The highest BCUT2D eigenvalue weighted by molar-refractivity contribution is 7.16. The van der Waals surface area contributed by atoms with E-state index in [9.17, 15) is 4.79 Å². The van der Waals surface area contributed by atoms with Crippen LogP contribution in [0.2, 0.25) is 0 Å². The second-order valence-electron chi connectivity index (χ2n) is 6.46. The van der Waals surface area contributed by atoms with Crippen LogP contribution in [0.4, 0.5) is 0 Å². The Morgan fingerprint density at radius 3 is 2.93 bits per heavy atom. The van der Waals surface area contributed by atoms with Crippen molar-refractivity contribution in [2.24, 2.45) is 4.99 Å². The van der Waals surface area contributed by atoms with Gasteiger partial charge in [-0.15, -0.1) is 0 Å². The molecule has 3 heterocycles. The number of hydrogen-bond acceptors (Lipinski definition) is 5. The number of nitrogens with zero attached hydrogens (tertiary/aromatic N) is 4. The predicted octanol–water partition coefficient (Wildman–Crippen LogP) is 3.45. The van der Waals surface area contributed by atoms with Gasteiger partial charge in [-0.05, 0) is 44.2 Å². The molecule has 3 aromatic heterocycles. The molecule has 0 aliphatic heterocycles. The first-order chi connectivity index (χ1) is 14.1. The van der Waals surface area contributed by atoms with E-state index in [1.807, 2.05) is 61.0 Å². The van der Waals surface area contributed by atoms with Crippen LogP contribution in [0.3, 0.4) is 0 Å². The molecule has 0 unspecified atom stereocenters. The summed E-state index contributed by atoms with van der Waals surface area (Å²) in [6.45, 7) is 5.59. The van der Waals surface area contributed by atoms with Crippen LogP contribution in [-0.2, 0) is 11.3 Å². The fourth-order valence-electron chi connectivity index (χ4n) is 3.29. The monoisotopic (exact) mass is 410 g/mol. The molecule has 0 saturated heterocycles. The Morgan fingerprint density at radius 2 is 2.14 bits per heavy atom. The zero-order chi connectivity index (χ0) is 20.4. The van der Waals surface area contributed by atoms with E-state index in [2.05, 4.69) is 9.98 Å². The molecule has 0 radical (unpaired) electrons. The fraction of sp³-hybridized carbons (Fsp3) is 0.286. The van der Waals surface area contributed by atoms with Gasteiger partial charge in [-0.3, -0.25) is 9.20 Å². The van der Waals surface area contributed by atoms with Gasteiger partial charge >= 0.3 is 0 Å². The standard InChI is InChI=1S/C21H22N4O3S/c1-4-28-12-11-24-16-9-8-15(27-3)13-17(16)29-21(24)23-20(26)19-14(2)22-18-7-5-6-10-25(18)19/h5-10,13H,4,11-12H2,1-3H3. The van der Waals surface area contributed by atoms with Crippen molar-refractivity contribution in [3.8, 4) is 5.75 Å². The van der Waals surface area contributed by atoms with Gasteiger partial charge in [-0.1, -0.05) is 17.4 Å². The molecule has 0 saturated carbocycles. The third-order valence-electron chi connectivity index (χ3n) is 4.66. The molecule has 4 aromatic rings. The van der Waals surface area contributed by atoms with Crippen LogP contribution in [0.5, 0.6) is 5.75 Å². The van der Waals surface area contributed by atoms with Crippen LogP contribution < -0.4 is 9.54 Å². The van der Waals surface area contributed by atoms with Crippen LogP contribution in [0, 0.1) is 6.92 Å².